The van der Waals surface area contributed by atoms with Crippen molar-refractivity contribution in [2.75, 3.05) is 13.1 Å². The zero-order valence-electron chi connectivity index (χ0n) is 7.36. The number of hydrogen-bond acceptors (Lipinski definition) is 1. The smallest absolute Gasteiger partial charge is 0.179 e. The van der Waals surface area contributed by atoms with Crippen LogP contribution in [0.3, 0.4) is 0 Å². The van der Waals surface area contributed by atoms with Crippen LogP contribution >= 0.6 is 0 Å². The first kappa shape index (κ1) is 8.45. The van der Waals surface area contributed by atoms with Gasteiger partial charge >= 0.3 is 0 Å². The summed E-state index contributed by atoms with van der Waals surface area (Å²) in [6.07, 6.45) is 3.03. The maximum atomic E-state index is 13.7. The first-order valence-electron chi connectivity index (χ1n) is 4.46. The molecule has 68 valence electrons. The van der Waals surface area contributed by atoms with Gasteiger partial charge in [-0.05, 0) is 0 Å². The molecule has 1 aromatic rings. The van der Waals surface area contributed by atoms with Crippen molar-refractivity contribution in [1.29, 1.82) is 0 Å². The van der Waals surface area contributed by atoms with E-state index in [9.17, 15) is 4.39 Å². The van der Waals surface area contributed by atoms with E-state index in [0.29, 0.717) is 0 Å². The van der Waals surface area contributed by atoms with Crippen molar-refractivity contribution in [3.8, 4) is 0 Å². The maximum absolute atomic E-state index is 13.7. The van der Waals surface area contributed by atoms with Crippen molar-refractivity contribution in [1.82, 2.24) is 4.90 Å². The van der Waals surface area contributed by atoms with Gasteiger partial charge in [-0.2, -0.15) is 0 Å². The fraction of sp³-hybridized carbons (Fsp3) is 0.273. The van der Waals surface area contributed by atoms with Crippen LogP contribution in [0.5, 0.6) is 0 Å². The second kappa shape index (κ2) is 3.71. The number of hydrogen-bond donors (Lipinski definition) is 0. The predicted octanol–water partition coefficient (Wildman–Crippen LogP) is 2.53. The van der Waals surface area contributed by atoms with Crippen molar-refractivity contribution in [3.63, 3.8) is 0 Å². The molecule has 13 heavy (non-hydrogen) atoms. The molecule has 0 N–H and O–H groups in total. The largest absolute Gasteiger partial charge is 0.263 e. The molecular formula is C11H12FN. The van der Waals surface area contributed by atoms with Gasteiger partial charge in [0.1, 0.15) is 0 Å². The first-order chi connectivity index (χ1) is 6.38. The molecule has 0 saturated carbocycles. The molecule has 1 nitrogen and oxygen atoms in total. The quantitative estimate of drug-likeness (QED) is 0.495. The SMILES string of the molecule is FC(c1ccccc1)N1CC=CC1. The Labute approximate surface area is 77.5 Å². The van der Waals surface area contributed by atoms with E-state index >= 15 is 0 Å². The predicted molar refractivity (Wildman–Crippen MR) is 51.0 cm³/mol. The summed E-state index contributed by atoms with van der Waals surface area (Å²) in [7, 11) is 0. The standard InChI is InChI=1S/C11H12FN/c12-11(13-8-4-5-9-13)10-6-2-1-3-7-10/h1-7,11H,8-9H2. The van der Waals surface area contributed by atoms with E-state index in [2.05, 4.69) is 0 Å². The molecule has 0 spiro atoms. The minimum Gasteiger partial charge on any atom is -0.263 e. The van der Waals surface area contributed by atoms with Crippen LogP contribution in [0.2, 0.25) is 0 Å². The van der Waals surface area contributed by atoms with Crippen LogP contribution in [0.15, 0.2) is 42.5 Å². The molecule has 2 rings (SSSR count). The second-order valence-electron chi connectivity index (χ2n) is 3.17. The lowest BCUT2D eigenvalue weighted by Crippen LogP contribution is -2.22. The summed E-state index contributed by atoms with van der Waals surface area (Å²) < 4.78 is 13.7. The third-order valence-corrected chi connectivity index (χ3v) is 2.24. The summed E-state index contributed by atoms with van der Waals surface area (Å²) in [6.45, 7) is 1.44. The molecule has 1 atom stereocenters. The Morgan fingerprint density at radius 1 is 1.08 bits per heavy atom. The van der Waals surface area contributed by atoms with Gasteiger partial charge < -0.3 is 0 Å². The fourth-order valence-electron chi connectivity index (χ4n) is 1.50. The van der Waals surface area contributed by atoms with Crippen LogP contribution in [0.25, 0.3) is 0 Å². The van der Waals surface area contributed by atoms with E-state index in [1.807, 2.05) is 42.5 Å². The maximum Gasteiger partial charge on any atom is 0.179 e. The average molecular weight is 177 g/mol. The highest BCUT2D eigenvalue weighted by Crippen LogP contribution is 2.23. The number of nitrogens with zero attached hydrogens (tertiary/aromatic N) is 1. The van der Waals surface area contributed by atoms with Crippen LogP contribution in [-0.2, 0) is 0 Å². The molecule has 1 aliphatic rings. The molecule has 0 fully saturated rings. The lowest BCUT2D eigenvalue weighted by Gasteiger charge is -2.20. The van der Waals surface area contributed by atoms with Gasteiger partial charge in [0.2, 0.25) is 0 Å². The monoisotopic (exact) mass is 177 g/mol. The fourth-order valence-corrected chi connectivity index (χ4v) is 1.50. The highest BCUT2D eigenvalue weighted by molar-refractivity contribution is 5.18. The third-order valence-electron chi connectivity index (χ3n) is 2.24. The molecule has 0 radical (unpaired) electrons. The van der Waals surface area contributed by atoms with Gasteiger partial charge in [-0.15, -0.1) is 0 Å². The number of rotatable bonds is 2. The third kappa shape index (κ3) is 1.78. The van der Waals surface area contributed by atoms with E-state index < -0.39 is 6.30 Å². The average Bonchev–Trinajstić information content (AvgIpc) is 2.71. The number of benzene rings is 1. The highest BCUT2D eigenvalue weighted by Gasteiger charge is 2.19. The zero-order valence-corrected chi connectivity index (χ0v) is 7.36. The normalized spacial score (nSPS) is 19.2. The molecule has 0 amide bonds. The zero-order chi connectivity index (χ0) is 9.10. The minimum atomic E-state index is -0.962. The molecule has 1 heterocycles. The molecule has 1 aromatic carbocycles. The Kier molecular flexibility index (Phi) is 2.41. The lowest BCUT2D eigenvalue weighted by molar-refractivity contribution is 0.115. The Morgan fingerprint density at radius 3 is 2.31 bits per heavy atom. The summed E-state index contributed by atoms with van der Waals surface area (Å²) in [5, 5.41) is 0. The molecule has 1 aliphatic heterocycles. The highest BCUT2D eigenvalue weighted by atomic mass is 19.1. The summed E-state index contributed by atoms with van der Waals surface area (Å²) >= 11 is 0. The Balaban J connectivity index is 2.09. The summed E-state index contributed by atoms with van der Waals surface area (Å²) in [6, 6.07) is 9.28. The summed E-state index contributed by atoms with van der Waals surface area (Å²) in [5.74, 6) is 0. The van der Waals surface area contributed by atoms with Gasteiger partial charge in [0.25, 0.3) is 0 Å². The van der Waals surface area contributed by atoms with Gasteiger partial charge in [0.15, 0.2) is 6.30 Å². The molecule has 0 bridgehead atoms. The van der Waals surface area contributed by atoms with E-state index in [1.165, 1.54) is 0 Å². The van der Waals surface area contributed by atoms with Crippen LogP contribution < -0.4 is 0 Å². The molecule has 2 heteroatoms. The molecule has 0 aliphatic carbocycles. The topological polar surface area (TPSA) is 3.24 Å². The molecule has 0 saturated heterocycles. The molecule has 0 aromatic heterocycles. The van der Waals surface area contributed by atoms with Gasteiger partial charge in [-0.25, -0.2) is 4.39 Å². The van der Waals surface area contributed by atoms with E-state index in [0.717, 1.165) is 18.7 Å². The lowest BCUT2D eigenvalue weighted by atomic mass is 10.2. The van der Waals surface area contributed by atoms with Gasteiger partial charge in [-0.1, -0.05) is 42.5 Å². The van der Waals surface area contributed by atoms with E-state index in [-0.39, 0.29) is 0 Å². The van der Waals surface area contributed by atoms with Crippen LogP contribution in [-0.4, -0.2) is 18.0 Å². The van der Waals surface area contributed by atoms with Crippen LogP contribution in [0, 0.1) is 0 Å². The van der Waals surface area contributed by atoms with Crippen molar-refractivity contribution < 1.29 is 4.39 Å². The van der Waals surface area contributed by atoms with Crippen molar-refractivity contribution in [2.45, 2.75) is 6.30 Å². The second-order valence-corrected chi connectivity index (χ2v) is 3.17. The van der Waals surface area contributed by atoms with Gasteiger partial charge in [0.05, 0.1) is 0 Å². The number of halogens is 1. The Bertz CT molecular complexity index is 286. The van der Waals surface area contributed by atoms with Crippen LogP contribution in [0.1, 0.15) is 11.9 Å². The molecular weight excluding hydrogens is 165 g/mol. The van der Waals surface area contributed by atoms with Gasteiger partial charge in [-0.3, -0.25) is 4.90 Å². The Hall–Kier alpha value is -1.15. The van der Waals surface area contributed by atoms with Crippen molar-refractivity contribution >= 4 is 0 Å². The van der Waals surface area contributed by atoms with Crippen molar-refractivity contribution in [3.05, 3.63) is 48.0 Å². The number of alkyl halides is 1. The Morgan fingerprint density at radius 2 is 1.69 bits per heavy atom. The van der Waals surface area contributed by atoms with E-state index in [4.69, 9.17) is 0 Å². The minimum absolute atomic E-state index is 0.718. The van der Waals surface area contributed by atoms with Crippen LogP contribution in [0.4, 0.5) is 4.39 Å². The van der Waals surface area contributed by atoms with E-state index in [1.54, 1.807) is 4.90 Å². The first-order valence-corrected chi connectivity index (χ1v) is 4.46. The summed E-state index contributed by atoms with van der Waals surface area (Å²) in [4.78, 5) is 1.79. The summed E-state index contributed by atoms with van der Waals surface area (Å²) in [5.41, 5.74) is 0.742. The molecule has 1 unspecified atom stereocenters. The van der Waals surface area contributed by atoms with Gasteiger partial charge in [0, 0.05) is 18.7 Å². The van der Waals surface area contributed by atoms with Crippen molar-refractivity contribution in [2.24, 2.45) is 0 Å².